The molecule has 0 saturated heterocycles. The number of anilines is 1. The van der Waals surface area contributed by atoms with Gasteiger partial charge in [-0.25, -0.2) is 17.6 Å². The predicted molar refractivity (Wildman–Crippen MR) is 142 cm³/mol. The number of nitrogens with zero attached hydrogens (tertiary/aromatic N) is 3. The van der Waals surface area contributed by atoms with E-state index in [1.165, 1.54) is 46.0 Å². The number of para-hydroxylation sites is 1. The fourth-order valence-corrected chi connectivity index (χ4v) is 4.43. The summed E-state index contributed by atoms with van der Waals surface area (Å²) in [5, 5.41) is 14.1. The standard InChI is InChI=1S/C28H22F4N4O3.CH2O2/c1-35-26(28(38)33-18-7-9-19(10-8-18)39-27-21(30)3-2-4-22(27)31)20-15-36(12-11-24(20)34-35)25(37)13-16-5-6-17(29)14-23(16)32;2-1-3/h2-10,14H,11-13,15H2,1H3,(H,33,38);1H,(H,2,3). The third-order valence-corrected chi connectivity index (χ3v) is 6.37. The highest BCUT2D eigenvalue weighted by Gasteiger charge is 2.29. The van der Waals surface area contributed by atoms with Crippen molar-refractivity contribution < 1.29 is 41.8 Å². The first kappa shape index (κ1) is 29.8. The molecule has 1 aliphatic rings. The molecule has 4 aromatic rings. The Morgan fingerprint density at radius 3 is 2.33 bits per heavy atom. The lowest BCUT2D eigenvalue weighted by molar-refractivity contribution is -0.131. The number of carbonyl (C=O) groups excluding carboxylic acids is 2. The van der Waals surface area contributed by atoms with E-state index < -0.39 is 34.9 Å². The first-order valence-electron chi connectivity index (χ1n) is 12.5. The third-order valence-electron chi connectivity index (χ3n) is 6.37. The van der Waals surface area contributed by atoms with Crippen LogP contribution in [0.15, 0.2) is 60.7 Å². The molecule has 0 bridgehead atoms. The molecule has 5 rings (SSSR count). The molecule has 2 amide bonds. The summed E-state index contributed by atoms with van der Waals surface area (Å²) in [6.45, 7) is 0.200. The summed E-state index contributed by atoms with van der Waals surface area (Å²) < 4.78 is 61.7. The summed E-state index contributed by atoms with van der Waals surface area (Å²) in [7, 11) is 1.62. The summed E-state index contributed by atoms with van der Waals surface area (Å²) in [6, 6.07) is 12.4. The maximum Gasteiger partial charge on any atom is 0.290 e. The zero-order chi connectivity index (χ0) is 30.4. The van der Waals surface area contributed by atoms with Crippen LogP contribution >= 0.6 is 0 Å². The highest BCUT2D eigenvalue weighted by atomic mass is 19.1. The van der Waals surface area contributed by atoms with Crippen LogP contribution in [0.3, 0.4) is 0 Å². The lowest BCUT2D eigenvalue weighted by Gasteiger charge is -2.27. The molecule has 9 nitrogen and oxygen atoms in total. The van der Waals surface area contributed by atoms with Crippen molar-refractivity contribution in [1.29, 1.82) is 0 Å². The Bertz CT molecular complexity index is 1610. The molecular weight excluding hydrogens is 560 g/mol. The van der Waals surface area contributed by atoms with Crippen molar-refractivity contribution in [2.75, 3.05) is 11.9 Å². The van der Waals surface area contributed by atoms with Gasteiger partial charge in [-0.2, -0.15) is 5.10 Å². The fourth-order valence-electron chi connectivity index (χ4n) is 4.43. The number of aromatic nitrogens is 2. The van der Waals surface area contributed by atoms with Crippen LogP contribution in [0.1, 0.15) is 27.3 Å². The van der Waals surface area contributed by atoms with Crippen LogP contribution in [0.5, 0.6) is 11.5 Å². The monoisotopic (exact) mass is 584 g/mol. The number of aryl methyl sites for hydroxylation is 1. The van der Waals surface area contributed by atoms with Gasteiger partial charge in [0, 0.05) is 43.9 Å². The topological polar surface area (TPSA) is 114 Å². The van der Waals surface area contributed by atoms with E-state index in [1.54, 1.807) is 7.05 Å². The minimum absolute atomic E-state index is 0.0847. The number of rotatable bonds is 6. The van der Waals surface area contributed by atoms with Gasteiger partial charge in [0.25, 0.3) is 12.4 Å². The number of halogens is 4. The van der Waals surface area contributed by atoms with Gasteiger partial charge in [0.1, 0.15) is 23.1 Å². The third kappa shape index (κ3) is 6.74. The predicted octanol–water partition coefficient (Wildman–Crippen LogP) is 4.85. The largest absolute Gasteiger partial charge is 0.483 e. The second-order valence-electron chi connectivity index (χ2n) is 9.11. The van der Waals surface area contributed by atoms with Gasteiger partial charge in [-0.3, -0.25) is 19.1 Å². The van der Waals surface area contributed by atoms with Gasteiger partial charge in [-0.1, -0.05) is 12.1 Å². The van der Waals surface area contributed by atoms with Crippen LogP contribution in [-0.4, -0.2) is 44.6 Å². The van der Waals surface area contributed by atoms with Crippen LogP contribution in [0.4, 0.5) is 23.2 Å². The molecule has 0 atom stereocenters. The first-order valence-corrected chi connectivity index (χ1v) is 12.5. The van der Waals surface area contributed by atoms with Crippen LogP contribution < -0.4 is 10.1 Å². The summed E-state index contributed by atoms with van der Waals surface area (Å²) in [5.74, 6) is -4.40. The first-order chi connectivity index (χ1) is 20.1. The van der Waals surface area contributed by atoms with E-state index in [4.69, 9.17) is 14.6 Å². The van der Waals surface area contributed by atoms with Gasteiger partial charge in [0.15, 0.2) is 17.4 Å². The highest BCUT2D eigenvalue weighted by molar-refractivity contribution is 6.04. The maximum atomic E-state index is 14.0. The summed E-state index contributed by atoms with van der Waals surface area (Å²) in [5.41, 5.74) is 1.98. The number of carboxylic acid groups (broad SMARTS) is 1. The van der Waals surface area contributed by atoms with Crippen molar-refractivity contribution in [2.45, 2.75) is 19.4 Å². The van der Waals surface area contributed by atoms with Crippen molar-refractivity contribution in [3.05, 3.63) is 106 Å². The molecule has 0 unspecified atom stereocenters. The van der Waals surface area contributed by atoms with Gasteiger partial charge in [0.2, 0.25) is 5.91 Å². The van der Waals surface area contributed by atoms with Crippen LogP contribution in [0.2, 0.25) is 0 Å². The Kier molecular flexibility index (Phi) is 9.20. The molecule has 0 radical (unpaired) electrons. The van der Waals surface area contributed by atoms with Crippen LogP contribution in [-0.2, 0) is 36.0 Å². The molecule has 218 valence electrons. The summed E-state index contributed by atoms with van der Waals surface area (Å²) in [6.07, 6.45) is 0.168. The van der Waals surface area contributed by atoms with Crippen molar-refractivity contribution in [2.24, 2.45) is 7.05 Å². The number of hydrogen-bond acceptors (Lipinski definition) is 5. The Labute approximate surface area is 236 Å². The molecule has 13 heteroatoms. The summed E-state index contributed by atoms with van der Waals surface area (Å²) in [4.78, 5) is 35.9. The number of ether oxygens (including phenoxy) is 1. The van der Waals surface area contributed by atoms with E-state index in [2.05, 4.69) is 10.4 Å². The van der Waals surface area contributed by atoms with Gasteiger partial charge in [-0.05, 0) is 48.0 Å². The van der Waals surface area contributed by atoms with Crippen molar-refractivity contribution in [3.63, 3.8) is 0 Å². The minimum Gasteiger partial charge on any atom is -0.483 e. The Balaban J connectivity index is 0.00000129. The Morgan fingerprint density at radius 1 is 1.02 bits per heavy atom. The number of benzene rings is 3. The molecule has 0 spiro atoms. The summed E-state index contributed by atoms with van der Waals surface area (Å²) >= 11 is 0. The lowest BCUT2D eigenvalue weighted by atomic mass is 10.0. The molecule has 1 aliphatic heterocycles. The molecule has 1 aromatic heterocycles. The van der Waals surface area contributed by atoms with Gasteiger partial charge < -0.3 is 20.1 Å². The molecule has 0 aliphatic carbocycles. The van der Waals surface area contributed by atoms with Crippen LogP contribution in [0, 0.1) is 23.3 Å². The normalized spacial score (nSPS) is 12.1. The molecular formula is C29H24F4N4O5. The van der Waals surface area contributed by atoms with Crippen molar-refractivity contribution >= 4 is 24.0 Å². The number of fused-ring (bicyclic) bond motifs is 1. The minimum atomic E-state index is -0.844. The Morgan fingerprint density at radius 2 is 1.69 bits per heavy atom. The van der Waals surface area contributed by atoms with E-state index in [1.807, 2.05) is 0 Å². The molecule has 2 heterocycles. The van der Waals surface area contributed by atoms with Gasteiger partial charge in [0.05, 0.1) is 12.1 Å². The second-order valence-corrected chi connectivity index (χ2v) is 9.11. The molecule has 3 aromatic carbocycles. The SMILES string of the molecule is Cn1nc2c(c1C(=O)Nc1ccc(Oc3c(F)cccc3F)cc1)CN(C(=O)Cc1ccc(F)cc1F)CC2.O=CO. The number of amides is 2. The molecule has 42 heavy (non-hydrogen) atoms. The number of nitrogens with one attached hydrogen (secondary N) is 1. The quantitative estimate of drug-likeness (QED) is 0.248. The van der Waals surface area contributed by atoms with E-state index in [-0.39, 0.29) is 42.4 Å². The second kappa shape index (κ2) is 13.0. The van der Waals surface area contributed by atoms with Crippen molar-refractivity contribution in [3.8, 4) is 11.5 Å². The average Bonchev–Trinajstić information content (AvgIpc) is 3.28. The number of carbonyl (C=O) groups is 3. The number of hydrogen-bond donors (Lipinski definition) is 2. The molecule has 0 saturated carbocycles. The van der Waals surface area contributed by atoms with E-state index in [0.29, 0.717) is 29.9 Å². The average molecular weight is 585 g/mol. The smallest absolute Gasteiger partial charge is 0.290 e. The Hall–Kier alpha value is -5.20. The van der Waals surface area contributed by atoms with Gasteiger partial charge >= 0.3 is 0 Å². The highest BCUT2D eigenvalue weighted by Crippen LogP contribution is 2.29. The zero-order valence-corrected chi connectivity index (χ0v) is 22.1. The van der Waals surface area contributed by atoms with Crippen LogP contribution in [0.25, 0.3) is 0 Å². The lowest BCUT2D eigenvalue weighted by Crippen LogP contribution is -2.37. The maximum absolute atomic E-state index is 14.0. The van der Waals surface area contributed by atoms with E-state index >= 15 is 0 Å². The van der Waals surface area contributed by atoms with E-state index in [9.17, 15) is 27.2 Å². The molecule has 2 N–H and O–H groups in total. The van der Waals surface area contributed by atoms with Gasteiger partial charge in [-0.15, -0.1) is 0 Å². The van der Waals surface area contributed by atoms with E-state index in [0.717, 1.165) is 24.3 Å². The zero-order valence-electron chi connectivity index (χ0n) is 22.1. The molecule has 0 fully saturated rings. The van der Waals surface area contributed by atoms with Crippen molar-refractivity contribution in [1.82, 2.24) is 14.7 Å². The fraction of sp³-hybridized carbons (Fsp3) is 0.172.